The van der Waals surface area contributed by atoms with Crippen molar-refractivity contribution in [1.29, 1.82) is 0 Å². The second-order valence-electron chi connectivity index (χ2n) is 5.17. The van der Waals surface area contributed by atoms with Crippen molar-refractivity contribution in [2.75, 3.05) is 26.7 Å². The van der Waals surface area contributed by atoms with Gasteiger partial charge in [-0.05, 0) is 19.9 Å². The number of halogens is 1. The molecule has 18 heavy (non-hydrogen) atoms. The topological polar surface area (TPSA) is 54.2 Å². The van der Waals surface area contributed by atoms with Crippen molar-refractivity contribution in [2.24, 2.45) is 0 Å². The summed E-state index contributed by atoms with van der Waals surface area (Å²) in [4.78, 5) is 6.90. The maximum Gasteiger partial charge on any atom is 0.229 e. The average molecular weight is 273 g/mol. The highest BCUT2D eigenvalue weighted by Gasteiger charge is 2.28. The highest BCUT2D eigenvalue weighted by molar-refractivity contribution is 5.85. The first kappa shape index (κ1) is 13.8. The third-order valence-electron chi connectivity index (χ3n) is 3.97. The molecule has 1 unspecified atom stereocenters. The molecule has 0 radical (unpaired) electrons. The van der Waals surface area contributed by atoms with E-state index in [4.69, 9.17) is 4.52 Å². The molecule has 3 rings (SSSR count). The highest BCUT2D eigenvalue weighted by atomic mass is 35.5. The summed E-state index contributed by atoms with van der Waals surface area (Å²) in [5, 5.41) is 7.55. The van der Waals surface area contributed by atoms with E-state index < -0.39 is 0 Å². The van der Waals surface area contributed by atoms with E-state index in [9.17, 15) is 0 Å². The van der Waals surface area contributed by atoms with Crippen molar-refractivity contribution in [3.8, 4) is 0 Å². The summed E-state index contributed by atoms with van der Waals surface area (Å²) in [5.74, 6) is 2.22. The van der Waals surface area contributed by atoms with E-state index in [2.05, 4.69) is 27.4 Å². The molecule has 0 spiro atoms. The third-order valence-corrected chi connectivity index (χ3v) is 3.97. The van der Waals surface area contributed by atoms with Crippen LogP contribution in [-0.4, -0.2) is 41.7 Å². The van der Waals surface area contributed by atoms with E-state index in [1.807, 2.05) is 0 Å². The molecule has 0 bridgehead atoms. The number of rotatable bonds is 2. The molecule has 6 heteroatoms. The van der Waals surface area contributed by atoms with Gasteiger partial charge in [-0.1, -0.05) is 18.0 Å². The SMILES string of the molecule is CN1CCNCC1c1noc(C2CCCC2)n1.Cl. The van der Waals surface area contributed by atoms with Crippen LogP contribution in [0.5, 0.6) is 0 Å². The van der Waals surface area contributed by atoms with E-state index in [0.29, 0.717) is 5.92 Å². The molecule has 0 amide bonds. The number of hydrogen-bond donors (Lipinski definition) is 1. The van der Waals surface area contributed by atoms with Gasteiger partial charge < -0.3 is 9.84 Å². The van der Waals surface area contributed by atoms with Crippen LogP contribution in [0.3, 0.4) is 0 Å². The zero-order chi connectivity index (χ0) is 11.7. The zero-order valence-electron chi connectivity index (χ0n) is 10.8. The van der Waals surface area contributed by atoms with Crippen LogP contribution in [-0.2, 0) is 0 Å². The molecule has 102 valence electrons. The minimum Gasteiger partial charge on any atom is -0.339 e. The van der Waals surface area contributed by atoms with Crippen LogP contribution >= 0.6 is 12.4 Å². The number of nitrogens with one attached hydrogen (secondary N) is 1. The predicted molar refractivity (Wildman–Crippen MR) is 71.0 cm³/mol. The molecule has 2 aliphatic rings. The van der Waals surface area contributed by atoms with Gasteiger partial charge in [0.1, 0.15) is 0 Å². The number of aromatic nitrogens is 2. The van der Waals surface area contributed by atoms with Crippen molar-refractivity contribution in [2.45, 2.75) is 37.6 Å². The van der Waals surface area contributed by atoms with Gasteiger partial charge in [0, 0.05) is 25.6 Å². The summed E-state index contributed by atoms with van der Waals surface area (Å²) in [6.07, 6.45) is 5.02. The quantitative estimate of drug-likeness (QED) is 0.889. The van der Waals surface area contributed by atoms with Crippen molar-refractivity contribution < 1.29 is 4.52 Å². The molecule has 1 aromatic rings. The number of likely N-dealkylation sites (N-methyl/N-ethyl adjacent to an activating group) is 1. The monoisotopic (exact) mass is 272 g/mol. The third kappa shape index (κ3) is 2.68. The smallest absolute Gasteiger partial charge is 0.229 e. The van der Waals surface area contributed by atoms with Crippen LogP contribution in [0.15, 0.2) is 4.52 Å². The van der Waals surface area contributed by atoms with Crippen molar-refractivity contribution in [1.82, 2.24) is 20.4 Å². The van der Waals surface area contributed by atoms with E-state index in [-0.39, 0.29) is 18.4 Å². The van der Waals surface area contributed by atoms with Crippen molar-refractivity contribution in [3.05, 3.63) is 11.7 Å². The molecule has 1 N–H and O–H groups in total. The molecule has 1 aromatic heterocycles. The molecule has 1 saturated carbocycles. The Morgan fingerprint density at radius 3 is 2.83 bits per heavy atom. The maximum atomic E-state index is 5.43. The van der Waals surface area contributed by atoms with Gasteiger partial charge in [-0.2, -0.15) is 4.98 Å². The Bertz CT molecular complexity index is 378. The first-order chi connectivity index (χ1) is 8.34. The van der Waals surface area contributed by atoms with Crippen LogP contribution in [0.1, 0.15) is 49.4 Å². The Hall–Kier alpha value is -0.650. The van der Waals surface area contributed by atoms with Gasteiger partial charge in [0.05, 0.1) is 6.04 Å². The van der Waals surface area contributed by atoms with Crippen LogP contribution < -0.4 is 5.32 Å². The lowest BCUT2D eigenvalue weighted by molar-refractivity contribution is 0.190. The minimum atomic E-state index is 0. The van der Waals surface area contributed by atoms with E-state index in [1.165, 1.54) is 25.7 Å². The molecular weight excluding hydrogens is 252 g/mol. The second-order valence-corrected chi connectivity index (χ2v) is 5.17. The summed E-state index contributed by atoms with van der Waals surface area (Å²) in [6, 6.07) is 0.266. The van der Waals surface area contributed by atoms with E-state index in [1.54, 1.807) is 0 Å². The Balaban J connectivity index is 0.00000120. The van der Waals surface area contributed by atoms with Gasteiger partial charge in [-0.15, -0.1) is 12.4 Å². The fraction of sp³-hybridized carbons (Fsp3) is 0.833. The first-order valence-corrected chi connectivity index (χ1v) is 6.59. The van der Waals surface area contributed by atoms with Gasteiger partial charge >= 0.3 is 0 Å². The molecule has 1 aliphatic heterocycles. The number of hydrogen-bond acceptors (Lipinski definition) is 5. The Kier molecular flexibility index (Phi) is 4.59. The summed E-state index contributed by atoms with van der Waals surface area (Å²) in [5.41, 5.74) is 0. The maximum absolute atomic E-state index is 5.43. The molecule has 0 aromatic carbocycles. The van der Waals surface area contributed by atoms with E-state index >= 15 is 0 Å². The fourth-order valence-electron chi connectivity index (χ4n) is 2.82. The van der Waals surface area contributed by atoms with Gasteiger partial charge in [0.2, 0.25) is 5.89 Å². The zero-order valence-corrected chi connectivity index (χ0v) is 11.6. The van der Waals surface area contributed by atoms with Gasteiger partial charge in [-0.3, -0.25) is 4.90 Å². The molecular formula is C12H21ClN4O. The lowest BCUT2D eigenvalue weighted by atomic mass is 10.1. The largest absolute Gasteiger partial charge is 0.339 e. The molecule has 1 saturated heterocycles. The molecule has 1 atom stereocenters. The summed E-state index contributed by atoms with van der Waals surface area (Å²) in [7, 11) is 2.12. The van der Waals surface area contributed by atoms with Gasteiger partial charge in [-0.25, -0.2) is 0 Å². The van der Waals surface area contributed by atoms with Crippen molar-refractivity contribution in [3.63, 3.8) is 0 Å². The van der Waals surface area contributed by atoms with Crippen LogP contribution in [0.2, 0.25) is 0 Å². The molecule has 5 nitrogen and oxygen atoms in total. The highest BCUT2D eigenvalue weighted by Crippen LogP contribution is 2.33. The lowest BCUT2D eigenvalue weighted by Crippen LogP contribution is -2.44. The molecule has 2 heterocycles. The number of nitrogens with zero attached hydrogens (tertiary/aromatic N) is 3. The molecule has 2 fully saturated rings. The Labute approximate surface area is 114 Å². The normalized spacial score (nSPS) is 26.2. The van der Waals surface area contributed by atoms with Gasteiger partial charge in [0.15, 0.2) is 5.82 Å². The first-order valence-electron chi connectivity index (χ1n) is 6.59. The summed E-state index contributed by atoms with van der Waals surface area (Å²) < 4.78 is 5.43. The van der Waals surface area contributed by atoms with Crippen LogP contribution in [0.4, 0.5) is 0 Å². The Morgan fingerprint density at radius 1 is 1.33 bits per heavy atom. The Morgan fingerprint density at radius 2 is 2.11 bits per heavy atom. The molecule has 1 aliphatic carbocycles. The van der Waals surface area contributed by atoms with Crippen LogP contribution in [0.25, 0.3) is 0 Å². The lowest BCUT2D eigenvalue weighted by Gasteiger charge is -2.30. The summed E-state index contributed by atoms with van der Waals surface area (Å²) >= 11 is 0. The minimum absolute atomic E-state index is 0. The fourth-order valence-corrected chi connectivity index (χ4v) is 2.82. The predicted octanol–water partition coefficient (Wildman–Crippen LogP) is 1.73. The number of piperazine rings is 1. The van der Waals surface area contributed by atoms with Gasteiger partial charge in [0.25, 0.3) is 0 Å². The summed E-state index contributed by atoms with van der Waals surface area (Å²) in [6.45, 7) is 3.00. The standard InChI is InChI=1S/C12H20N4O.ClH/c1-16-7-6-13-8-10(16)11-14-12(17-15-11)9-4-2-3-5-9;/h9-10,13H,2-8H2,1H3;1H. The second kappa shape index (κ2) is 5.99. The average Bonchev–Trinajstić information content (AvgIpc) is 3.00. The van der Waals surface area contributed by atoms with Crippen molar-refractivity contribution >= 4 is 12.4 Å². The van der Waals surface area contributed by atoms with Crippen LogP contribution in [0, 0.1) is 0 Å². The van der Waals surface area contributed by atoms with E-state index in [0.717, 1.165) is 31.3 Å².